The Labute approximate surface area is 356 Å². The van der Waals surface area contributed by atoms with E-state index in [0.29, 0.717) is 37.2 Å². The highest BCUT2D eigenvalue weighted by Crippen LogP contribution is 2.70. The summed E-state index contributed by atoms with van der Waals surface area (Å²) in [5.41, 5.74) is 1.90. The summed E-state index contributed by atoms with van der Waals surface area (Å²) in [5, 5.41) is 97.2. The molecule has 5 heterocycles. The number of rotatable bonds is 7. The Kier molecular flexibility index (Phi) is 12.2. The average Bonchev–Trinajstić information content (AvgIpc) is 3.68. The van der Waals surface area contributed by atoms with Gasteiger partial charge in [-0.25, -0.2) is 0 Å². The van der Waals surface area contributed by atoms with Crippen LogP contribution in [0.15, 0.2) is 23.8 Å². The summed E-state index contributed by atoms with van der Waals surface area (Å²) in [6, 6.07) is 0. The number of aliphatic hydroxyl groups excluding tert-OH is 9. The van der Waals surface area contributed by atoms with Crippen LogP contribution in [0.2, 0.25) is 0 Å². The molecule has 0 amide bonds. The molecule has 4 aliphatic carbocycles. The summed E-state index contributed by atoms with van der Waals surface area (Å²) in [6.07, 6.45) is -13.5. The van der Waals surface area contributed by atoms with Gasteiger partial charge in [-0.1, -0.05) is 44.6 Å². The lowest BCUT2D eigenvalue weighted by Crippen LogP contribution is -2.65. The summed E-state index contributed by atoms with van der Waals surface area (Å²) in [4.78, 5) is 0. The van der Waals surface area contributed by atoms with Gasteiger partial charge in [-0.05, 0) is 74.5 Å². The lowest BCUT2D eigenvalue weighted by molar-refractivity contribution is -0.380. The van der Waals surface area contributed by atoms with Crippen molar-refractivity contribution in [1.29, 1.82) is 0 Å². The minimum atomic E-state index is -1.81. The molecule has 9 N–H and O–H groups in total. The fraction of sp³-hybridized carbons (Fsp3) is 0.909. The van der Waals surface area contributed by atoms with Gasteiger partial charge < -0.3 is 83.9 Å². The van der Waals surface area contributed by atoms with Crippen LogP contribution in [-0.4, -0.2) is 176 Å². The molecule has 9 rings (SSSR count). The second kappa shape index (κ2) is 16.6. The number of aliphatic hydroxyl groups is 9. The van der Waals surface area contributed by atoms with Gasteiger partial charge in [0, 0.05) is 24.2 Å². The van der Waals surface area contributed by atoms with Gasteiger partial charge in [0.15, 0.2) is 24.7 Å². The van der Waals surface area contributed by atoms with E-state index in [0.717, 1.165) is 49.7 Å². The first-order chi connectivity index (χ1) is 28.9. The van der Waals surface area contributed by atoms with Crippen molar-refractivity contribution in [2.24, 2.45) is 40.4 Å². The minimum Gasteiger partial charge on any atom is -0.394 e. The maximum absolute atomic E-state index is 12.2. The van der Waals surface area contributed by atoms with Crippen LogP contribution in [0.25, 0.3) is 0 Å². The molecule has 25 atom stereocenters. The van der Waals surface area contributed by atoms with E-state index in [1.807, 2.05) is 0 Å². The average molecular weight is 869 g/mol. The molecule has 1 spiro atoms. The van der Waals surface area contributed by atoms with E-state index in [-0.39, 0.29) is 30.0 Å². The molecule has 5 aliphatic heterocycles. The number of hydrogen-bond acceptors (Lipinski definition) is 17. The van der Waals surface area contributed by atoms with Crippen molar-refractivity contribution in [2.45, 2.75) is 189 Å². The van der Waals surface area contributed by atoms with Gasteiger partial charge in [-0.2, -0.15) is 0 Å². The highest BCUT2D eigenvalue weighted by atomic mass is 16.8. The summed E-state index contributed by atoms with van der Waals surface area (Å²) in [6.45, 7) is 12.2. The van der Waals surface area contributed by atoms with Crippen LogP contribution >= 0.6 is 0 Å². The van der Waals surface area contributed by atoms with Crippen molar-refractivity contribution in [2.75, 3.05) is 19.8 Å². The molecular weight excluding hydrogens is 800 g/mol. The predicted octanol–water partition coefficient (Wildman–Crippen LogP) is -0.256. The summed E-state index contributed by atoms with van der Waals surface area (Å²) >= 11 is 0. The largest absolute Gasteiger partial charge is 0.394 e. The summed E-state index contributed by atoms with van der Waals surface area (Å²) < 4.78 is 48.9. The Balaban J connectivity index is 0.877. The van der Waals surface area contributed by atoms with E-state index in [1.54, 1.807) is 0 Å². The lowest BCUT2D eigenvalue weighted by Gasteiger charge is -2.60. The van der Waals surface area contributed by atoms with E-state index < -0.39 is 116 Å². The molecule has 5 saturated heterocycles. The zero-order valence-electron chi connectivity index (χ0n) is 35.6. The maximum Gasteiger partial charge on any atom is 0.187 e. The van der Waals surface area contributed by atoms with Crippen molar-refractivity contribution in [3.8, 4) is 0 Å². The molecule has 0 bridgehead atoms. The third kappa shape index (κ3) is 7.25. The van der Waals surface area contributed by atoms with Crippen LogP contribution in [-0.2, 0) is 37.9 Å². The molecule has 8 fully saturated rings. The molecule has 61 heavy (non-hydrogen) atoms. The topological polar surface area (TPSA) is 256 Å². The fourth-order valence-corrected chi connectivity index (χ4v) is 13.6. The number of ether oxygens (including phenoxy) is 8. The highest BCUT2D eigenvalue weighted by molar-refractivity contribution is 5.28. The smallest absolute Gasteiger partial charge is 0.187 e. The molecule has 346 valence electrons. The molecule has 17 nitrogen and oxygen atoms in total. The SMILES string of the molecule is C=C1CC[C@]2(OC1)O[C@@H]1CC3[C@H]4CC=C5C[C@@H](O[C@@H]6OC[C@H](O)C(O)[C@H]6O[C@H]6O[C@H](C)[C@@H](O)[C@H](O[C@H]7O[C@@H](CO)[C@H](O)[C@@H](O)[C@@H]7O)[C@@H]6O)C[C@H](O)[C@@]5(C)C4CC[C@@]3(C)[C@@H]1[C@H]2C. The highest BCUT2D eigenvalue weighted by Gasteiger charge is 2.69. The minimum absolute atomic E-state index is 0.107. The first kappa shape index (κ1) is 45.0. The predicted molar refractivity (Wildman–Crippen MR) is 210 cm³/mol. The lowest BCUT2D eigenvalue weighted by atomic mass is 9.46. The molecule has 9 aliphatic rings. The van der Waals surface area contributed by atoms with Gasteiger partial charge >= 0.3 is 0 Å². The normalized spacial score (nSPS) is 57.2. The molecule has 0 aromatic rings. The number of allylic oxidation sites excluding steroid dienone is 1. The zero-order chi connectivity index (χ0) is 43.5. The Morgan fingerprint density at radius 2 is 1.54 bits per heavy atom. The summed E-state index contributed by atoms with van der Waals surface area (Å²) in [7, 11) is 0. The van der Waals surface area contributed by atoms with E-state index in [1.165, 1.54) is 6.92 Å². The Morgan fingerprint density at radius 3 is 2.26 bits per heavy atom. The van der Waals surface area contributed by atoms with Crippen molar-refractivity contribution in [1.82, 2.24) is 0 Å². The van der Waals surface area contributed by atoms with E-state index in [9.17, 15) is 46.0 Å². The molecule has 0 aromatic carbocycles. The molecule has 17 heteroatoms. The maximum atomic E-state index is 12.2. The van der Waals surface area contributed by atoms with Crippen molar-refractivity contribution < 1.29 is 83.9 Å². The van der Waals surface area contributed by atoms with Gasteiger partial charge in [0.2, 0.25) is 0 Å². The first-order valence-electron chi connectivity index (χ1n) is 22.5. The van der Waals surface area contributed by atoms with Gasteiger partial charge in [0.25, 0.3) is 0 Å². The number of fused-ring (bicyclic) bond motifs is 7. The second-order valence-corrected chi connectivity index (χ2v) is 20.3. The number of hydrogen-bond donors (Lipinski definition) is 9. The van der Waals surface area contributed by atoms with Crippen molar-refractivity contribution >= 4 is 0 Å². The van der Waals surface area contributed by atoms with Gasteiger partial charge in [-0.3, -0.25) is 0 Å². The Morgan fingerprint density at radius 1 is 0.803 bits per heavy atom. The van der Waals surface area contributed by atoms with Gasteiger partial charge in [0.1, 0.15) is 61.0 Å². The van der Waals surface area contributed by atoms with Crippen LogP contribution < -0.4 is 0 Å². The van der Waals surface area contributed by atoms with Crippen LogP contribution in [0.1, 0.15) is 79.1 Å². The molecule has 3 saturated carbocycles. The van der Waals surface area contributed by atoms with Crippen LogP contribution in [0, 0.1) is 40.4 Å². The van der Waals surface area contributed by atoms with Crippen LogP contribution in [0.3, 0.4) is 0 Å². The molecule has 0 aromatic heterocycles. The van der Waals surface area contributed by atoms with Crippen molar-refractivity contribution in [3.05, 3.63) is 23.8 Å². The molecule has 0 radical (unpaired) electrons. The van der Waals surface area contributed by atoms with Gasteiger partial charge in [-0.15, -0.1) is 0 Å². The van der Waals surface area contributed by atoms with Crippen LogP contribution in [0.4, 0.5) is 0 Å². The molecule has 3 unspecified atom stereocenters. The zero-order valence-corrected chi connectivity index (χ0v) is 35.6. The van der Waals surface area contributed by atoms with Gasteiger partial charge in [0.05, 0.1) is 44.2 Å². The third-order valence-electron chi connectivity index (χ3n) is 17.1. The summed E-state index contributed by atoms with van der Waals surface area (Å²) in [5.74, 6) is 1.30. The molecular formula is C44H68O17. The quantitative estimate of drug-likeness (QED) is 0.150. The second-order valence-electron chi connectivity index (χ2n) is 20.3. The third-order valence-corrected chi connectivity index (χ3v) is 17.1. The Bertz CT molecular complexity index is 1640. The van der Waals surface area contributed by atoms with E-state index >= 15 is 0 Å². The van der Waals surface area contributed by atoms with Crippen molar-refractivity contribution in [3.63, 3.8) is 0 Å². The standard InChI is InChI=1S/C44H68O17/c1-18-8-11-44(55-16-18)19(2)30-27(61-44)14-25-23-7-6-21-12-22(13-29(47)43(21,5)24(23)9-10-42(25,30)4)57-41-38(32(49)26(46)17-54-41)60-40-36(53)37(31(48)20(3)56-40)59-39-35(52)34(51)33(50)28(15-45)58-39/h6,19-20,22-41,45-53H,1,7-17H2,2-5H3/t19-,20-,22-,23+,24?,25?,26+,27-,28+,29+,30-,31-,32?,33+,34-,35+,36+,37+,38-,39-,40-,41+,42-,43-,44+/m1/s1. The van der Waals surface area contributed by atoms with E-state index in [4.69, 9.17) is 37.9 Å². The first-order valence-corrected chi connectivity index (χ1v) is 22.5. The Hall–Kier alpha value is -1.20. The fourth-order valence-electron chi connectivity index (χ4n) is 13.6. The van der Waals surface area contributed by atoms with Crippen LogP contribution in [0.5, 0.6) is 0 Å². The van der Waals surface area contributed by atoms with E-state index in [2.05, 4.69) is 33.4 Å². The monoisotopic (exact) mass is 868 g/mol.